The van der Waals surface area contributed by atoms with Crippen molar-refractivity contribution in [1.82, 2.24) is 0 Å². The number of ether oxygens (including phenoxy) is 2. The predicted octanol–water partition coefficient (Wildman–Crippen LogP) is 4.23. The summed E-state index contributed by atoms with van der Waals surface area (Å²) in [6.07, 6.45) is 8.78. The highest BCUT2D eigenvalue weighted by molar-refractivity contribution is 6.17. The van der Waals surface area contributed by atoms with E-state index >= 15 is 0 Å². The molecule has 124 valence electrons. The second kappa shape index (κ2) is 15.6. The van der Waals surface area contributed by atoms with Crippen molar-refractivity contribution in [3.63, 3.8) is 0 Å². The fourth-order valence-electron chi connectivity index (χ4n) is 1.93. The van der Waals surface area contributed by atoms with E-state index in [2.05, 4.69) is 0 Å². The van der Waals surface area contributed by atoms with Gasteiger partial charge in [-0.25, -0.2) is 0 Å². The van der Waals surface area contributed by atoms with Gasteiger partial charge in [0.1, 0.15) is 0 Å². The zero-order valence-electron chi connectivity index (χ0n) is 13.2. The van der Waals surface area contributed by atoms with Crippen LogP contribution in [0.3, 0.4) is 0 Å². The molecule has 4 nitrogen and oxygen atoms in total. The van der Waals surface area contributed by atoms with Gasteiger partial charge >= 0.3 is 11.9 Å². The molecule has 0 unspecified atom stereocenters. The molecular weight excluding hydrogens is 292 g/mol. The van der Waals surface area contributed by atoms with E-state index < -0.39 is 0 Å². The average molecular weight is 321 g/mol. The number of hydrogen-bond donors (Lipinski definition) is 0. The van der Waals surface area contributed by atoms with Crippen LogP contribution in [0.25, 0.3) is 0 Å². The molecule has 0 saturated heterocycles. The van der Waals surface area contributed by atoms with Crippen LogP contribution in [0.1, 0.15) is 71.1 Å². The first-order valence-electron chi connectivity index (χ1n) is 8.08. The molecule has 0 bridgehead atoms. The Labute approximate surface area is 133 Å². The summed E-state index contributed by atoms with van der Waals surface area (Å²) in [5, 5.41) is 0. The molecule has 0 amide bonds. The summed E-state index contributed by atoms with van der Waals surface area (Å²) in [5.74, 6) is 0.384. The van der Waals surface area contributed by atoms with Crippen LogP contribution in [0.2, 0.25) is 0 Å². The van der Waals surface area contributed by atoms with Gasteiger partial charge in [-0.3, -0.25) is 9.59 Å². The quantitative estimate of drug-likeness (QED) is 0.273. The standard InChI is InChI=1S/C16H29ClO4/c1-2-20-15(18)11-7-8-12-16(19)21-14-10-6-4-3-5-9-13-17/h2-14H2,1H3. The number of halogens is 1. The molecule has 0 fully saturated rings. The van der Waals surface area contributed by atoms with Crippen molar-refractivity contribution in [3.8, 4) is 0 Å². The number of unbranched alkanes of at least 4 members (excludes halogenated alkanes) is 6. The monoisotopic (exact) mass is 320 g/mol. The average Bonchev–Trinajstić information content (AvgIpc) is 2.47. The molecule has 0 radical (unpaired) electrons. The van der Waals surface area contributed by atoms with Gasteiger partial charge in [-0.15, -0.1) is 11.6 Å². The zero-order valence-corrected chi connectivity index (χ0v) is 14.0. The third-order valence-electron chi connectivity index (χ3n) is 3.11. The molecule has 0 N–H and O–H groups in total. The van der Waals surface area contributed by atoms with Gasteiger partial charge in [0.05, 0.1) is 13.2 Å². The molecule has 0 spiro atoms. The maximum absolute atomic E-state index is 11.4. The molecule has 5 heteroatoms. The lowest BCUT2D eigenvalue weighted by Gasteiger charge is -2.05. The fourth-order valence-corrected chi connectivity index (χ4v) is 2.12. The van der Waals surface area contributed by atoms with Crippen molar-refractivity contribution in [3.05, 3.63) is 0 Å². The number of esters is 2. The summed E-state index contributed by atoms with van der Waals surface area (Å²) in [5.41, 5.74) is 0. The zero-order chi connectivity index (χ0) is 15.8. The van der Waals surface area contributed by atoms with Gasteiger partial charge in [0.15, 0.2) is 0 Å². The molecule has 0 atom stereocenters. The molecule has 0 aliphatic carbocycles. The van der Waals surface area contributed by atoms with Crippen LogP contribution in [-0.2, 0) is 19.1 Å². The Bertz CT molecular complexity index is 269. The second-order valence-electron chi connectivity index (χ2n) is 5.04. The lowest BCUT2D eigenvalue weighted by Crippen LogP contribution is -2.07. The number of alkyl halides is 1. The molecule has 0 aromatic rings. The molecule has 21 heavy (non-hydrogen) atoms. The molecule has 0 aromatic heterocycles. The van der Waals surface area contributed by atoms with Gasteiger partial charge in [-0.05, 0) is 32.6 Å². The fraction of sp³-hybridized carbons (Fsp3) is 0.875. The van der Waals surface area contributed by atoms with Crippen molar-refractivity contribution < 1.29 is 19.1 Å². The van der Waals surface area contributed by atoms with Gasteiger partial charge in [-0.1, -0.05) is 25.7 Å². The first-order chi connectivity index (χ1) is 10.2. The van der Waals surface area contributed by atoms with Crippen LogP contribution in [0.5, 0.6) is 0 Å². The van der Waals surface area contributed by atoms with Crippen molar-refractivity contribution in [1.29, 1.82) is 0 Å². The van der Waals surface area contributed by atoms with Crippen molar-refractivity contribution in [2.24, 2.45) is 0 Å². The Morgan fingerprint density at radius 3 is 1.86 bits per heavy atom. The maximum atomic E-state index is 11.4. The van der Waals surface area contributed by atoms with E-state index in [1.54, 1.807) is 6.92 Å². The highest BCUT2D eigenvalue weighted by Gasteiger charge is 2.05. The topological polar surface area (TPSA) is 52.6 Å². The molecular formula is C16H29ClO4. The van der Waals surface area contributed by atoms with E-state index in [-0.39, 0.29) is 11.9 Å². The molecule has 0 aliphatic rings. The Hall–Kier alpha value is -0.770. The third kappa shape index (κ3) is 15.4. The van der Waals surface area contributed by atoms with Crippen molar-refractivity contribution >= 4 is 23.5 Å². The summed E-state index contributed by atoms with van der Waals surface area (Å²) >= 11 is 5.60. The minimum atomic E-state index is -0.194. The van der Waals surface area contributed by atoms with Crippen LogP contribution in [0.15, 0.2) is 0 Å². The summed E-state index contributed by atoms with van der Waals surface area (Å²) in [6.45, 7) is 2.70. The normalized spacial score (nSPS) is 10.4. The highest BCUT2D eigenvalue weighted by atomic mass is 35.5. The SMILES string of the molecule is CCOC(=O)CCCCC(=O)OCCCCCCCCCl. The Kier molecular flexibility index (Phi) is 15.0. The first kappa shape index (κ1) is 20.2. The van der Waals surface area contributed by atoms with Crippen molar-refractivity contribution in [2.75, 3.05) is 19.1 Å². The highest BCUT2D eigenvalue weighted by Crippen LogP contribution is 2.07. The summed E-state index contributed by atoms with van der Waals surface area (Å²) in [6, 6.07) is 0. The van der Waals surface area contributed by atoms with Crippen LogP contribution in [0, 0.1) is 0 Å². The lowest BCUT2D eigenvalue weighted by atomic mass is 10.1. The maximum Gasteiger partial charge on any atom is 0.305 e. The molecule has 0 aromatic carbocycles. The number of carbonyl (C=O) groups is 2. The lowest BCUT2D eigenvalue weighted by molar-refractivity contribution is -0.145. The number of carbonyl (C=O) groups excluding carboxylic acids is 2. The smallest absolute Gasteiger partial charge is 0.305 e. The van der Waals surface area contributed by atoms with Gasteiger partial charge < -0.3 is 9.47 Å². The predicted molar refractivity (Wildman–Crippen MR) is 84.5 cm³/mol. The van der Waals surface area contributed by atoms with Crippen LogP contribution < -0.4 is 0 Å². The van der Waals surface area contributed by atoms with E-state index in [0.717, 1.165) is 25.1 Å². The van der Waals surface area contributed by atoms with Gasteiger partial charge in [-0.2, -0.15) is 0 Å². The molecule has 0 heterocycles. The van der Waals surface area contributed by atoms with E-state index in [1.165, 1.54) is 19.3 Å². The van der Waals surface area contributed by atoms with Crippen LogP contribution in [0.4, 0.5) is 0 Å². The third-order valence-corrected chi connectivity index (χ3v) is 3.38. The summed E-state index contributed by atoms with van der Waals surface area (Å²) in [4.78, 5) is 22.5. The first-order valence-corrected chi connectivity index (χ1v) is 8.61. The van der Waals surface area contributed by atoms with Crippen LogP contribution in [-0.4, -0.2) is 31.0 Å². The van der Waals surface area contributed by atoms with E-state index in [0.29, 0.717) is 38.9 Å². The number of hydrogen-bond acceptors (Lipinski definition) is 4. The second-order valence-corrected chi connectivity index (χ2v) is 5.42. The molecule has 0 saturated carbocycles. The van der Waals surface area contributed by atoms with Gasteiger partial charge in [0.25, 0.3) is 0 Å². The Balaban J connectivity index is 3.25. The van der Waals surface area contributed by atoms with Gasteiger partial charge in [0.2, 0.25) is 0 Å². The summed E-state index contributed by atoms with van der Waals surface area (Å²) in [7, 11) is 0. The van der Waals surface area contributed by atoms with E-state index in [1.807, 2.05) is 0 Å². The van der Waals surface area contributed by atoms with E-state index in [4.69, 9.17) is 21.1 Å². The largest absolute Gasteiger partial charge is 0.466 e. The van der Waals surface area contributed by atoms with Gasteiger partial charge in [0, 0.05) is 18.7 Å². The Morgan fingerprint density at radius 1 is 0.762 bits per heavy atom. The number of rotatable bonds is 14. The van der Waals surface area contributed by atoms with E-state index in [9.17, 15) is 9.59 Å². The van der Waals surface area contributed by atoms with Crippen molar-refractivity contribution in [2.45, 2.75) is 71.1 Å². The Morgan fingerprint density at radius 2 is 1.29 bits per heavy atom. The molecule has 0 aliphatic heterocycles. The minimum Gasteiger partial charge on any atom is -0.466 e. The molecule has 0 rings (SSSR count). The minimum absolute atomic E-state index is 0.166. The summed E-state index contributed by atoms with van der Waals surface area (Å²) < 4.78 is 9.96. The van der Waals surface area contributed by atoms with Crippen LogP contribution >= 0.6 is 11.6 Å².